The summed E-state index contributed by atoms with van der Waals surface area (Å²) in [6.45, 7) is -9.66. The molecule has 7 rings (SSSR count). The van der Waals surface area contributed by atoms with Crippen LogP contribution < -0.4 is 5.56 Å². The molecule has 5 aliphatic rings. The highest BCUT2D eigenvalue weighted by molar-refractivity contribution is 5.81. The van der Waals surface area contributed by atoms with Crippen molar-refractivity contribution in [2.45, 2.75) is 64.7 Å². The summed E-state index contributed by atoms with van der Waals surface area (Å²) in [7, 11) is 0. The van der Waals surface area contributed by atoms with Crippen LogP contribution in [0.15, 0.2) is 23.0 Å². The molecule has 1 N–H and O–H groups in total. The minimum absolute atomic E-state index is 0.0236. The molecule has 1 saturated heterocycles. The molecule has 2 aromatic rings. The second kappa shape index (κ2) is 8.81. The minimum Gasteiger partial charge on any atom is -0.310 e. The zero-order valence-corrected chi connectivity index (χ0v) is 19.5. The van der Waals surface area contributed by atoms with Crippen LogP contribution in [0.1, 0.15) is 73.7 Å². The fourth-order valence-corrected chi connectivity index (χ4v) is 7.48. The number of aromatic amines is 1. The topological polar surface area (TPSA) is 52.2 Å². The highest BCUT2D eigenvalue weighted by atomic mass is 16.1. The van der Waals surface area contributed by atoms with Gasteiger partial charge < -0.3 is 14.8 Å². The van der Waals surface area contributed by atoms with E-state index in [1.165, 1.54) is 19.3 Å². The van der Waals surface area contributed by atoms with E-state index in [1.54, 1.807) is 25.1 Å². The van der Waals surface area contributed by atoms with E-state index in [1.807, 2.05) is 0 Å². The Morgan fingerprint density at radius 2 is 1.67 bits per heavy atom. The Bertz CT molecular complexity index is 1330. The molecular formula is C28H40N4O. The number of aryl methyl sites for hydroxylation is 2. The molecule has 0 amide bonds. The molecule has 0 unspecified atom stereocenters. The number of benzene rings is 1. The van der Waals surface area contributed by atoms with Crippen LogP contribution in [0.3, 0.4) is 0 Å². The first-order chi connectivity index (χ1) is 19.1. The SMILES string of the molecule is [2H]C1([2H])N(CCCc2cccc3nc(C)[nH]c(=O)c23)C([2H])([2H])C([2H])([2H])N(CCC23CC4CC(CC(C4)C2)C3)C1([2H])[2H]. The summed E-state index contributed by atoms with van der Waals surface area (Å²) in [6.07, 6.45) is 8.03. The molecular weight excluding hydrogens is 408 g/mol. The summed E-state index contributed by atoms with van der Waals surface area (Å²) in [4.78, 5) is 21.3. The van der Waals surface area contributed by atoms with Crippen molar-refractivity contribution in [2.75, 3.05) is 39.1 Å². The second-order valence-electron chi connectivity index (χ2n) is 11.0. The molecule has 4 bridgehead atoms. The third kappa shape index (κ3) is 4.51. The van der Waals surface area contributed by atoms with E-state index in [0.29, 0.717) is 52.9 Å². The summed E-state index contributed by atoms with van der Waals surface area (Å²) >= 11 is 0. The standard InChI is InChI=1S/C28H40N4O/c1-20-29-25-6-2-4-24(26(25)27(33)30-20)5-3-8-31-10-12-32(13-11-31)9-7-28-17-21-14-22(18-28)16-23(15-21)19-28/h2,4,6,21-23H,3,5,7-19H2,1H3,(H,29,30,33)/i10D2,11D2,12D2,13D2. The molecule has 178 valence electrons. The third-order valence-electron chi connectivity index (χ3n) is 8.44. The quantitative estimate of drug-likeness (QED) is 0.671. The Morgan fingerprint density at radius 3 is 2.33 bits per heavy atom. The molecule has 2 heterocycles. The van der Waals surface area contributed by atoms with Crippen LogP contribution in [0.25, 0.3) is 10.9 Å². The number of aromatic nitrogens is 2. The van der Waals surface area contributed by atoms with E-state index in [9.17, 15) is 4.79 Å². The van der Waals surface area contributed by atoms with Crippen molar-refractivity contribution in [3.05, 3.63) is 39.9 Å². The normalized spacial score (nSPS) is 41.8. The van der Waals surface area contributed by atoms with Gasteiger partial charge in [-0.15, -0.1) is 0 Å². The zero-order chi connectivity index (χ0) is 29.6. The van der Waals surface area contributed by atoms with E-state index in [4.69, 9.17) is 11.0 Å². The predicted molar refractivity (Wildman–Crippen MR) is 134 cm³/mol. The molecule has 33 heavy (non-hydrogen) atoms. The Labute approximate surface area is 209 Å². The first kappa shape index (κ1) is 14.6. The monoisotopic (exact) mass is 456 g/mol. The first-order valence-corrected chi connectivity index (χ1v) is 12.6. The molecule has 0 spiro atoms. The highest BCUT2D eigenvalue weighted by Gasteiger charge is 2.50. The van der Waals surface area contributed by atoms with Gasteiger partial charge in [0.05, 0.1) is 10.9 Å². The molecule has 0 atom stereocenters. The first-order valence-electron chi connectivity index (χ1n) is 16.6. The Hall–Kier alpha value is -1.72. The lowest BCUT2D eigenvalue weighted by Crippen LogP contribution is -2.50. The smallest absolute Gasteiger partial charge is 0.259 e. The van der Waals surface area contributed by atoms with E-state index in [2.05, 4.69) is 9.97 Å². The minimum atomic E-state index is -2.79. The van der Waals surface area contributed by atoms with Crippen LogP contribution in [0.5, 0.6) is 0 Å². The van der Waals surface area contributed by atoms with Crippen molar-refractivity contribution >= 4 is 10.9 Å². The van der Waals surface area contributed by atoms with Gasteiger partial charge in [0.25, 0.3) is 5.56 Å². The average molecular weight is 457 g/mol. The van der Waals surface area contributed by atoms with Gasteiger partial charge in [0.15, 0.2) is 0 Å². The maximum absolute atomic E-state index is 12.6. The van der Waals surface area contributed by atoms with E-state index < -0.39 is 26.0 Å². The second-order valence-corrected chi connectivity index (χ2v) is 11.0. The summed E-state index contributed by atoms with van der Waals surface area (Å²) in [6, 6.07) is 5.30. The van der Waals surface area contributed by atoms with Gasteiger partial charge in [0.1, 0.15) is 5.82 Å². The van der Waals surface area contributed by atoms with Gasteiger partial charge in [0, 0.05) is 37.0 Å². The van der Waals surface area contributed by atoms with Gasteiger partial charge in [-0.2, -0.15) is 0 Å². The summed E-state index contributed by atoms with van der Waals surface area (Å²) < 4.78 is 70.7. The number of hydrogen-bond donors (Lipinski definition) is 1. The van der Waals surface area contributed by atoms with Crippen LogP contribution in [0.2, 0.25) is 0 Å². The molecule has 5 heteroatoms. The number of piperazine rings is 1. The Morgan fingerprint density at radius 1 is 1.03 bits per heavy atom. The van der Waals surface area contributed by atoms with Crippen molar-refractivity contribution in [3.63, 3.8) is 0 Å². The molecule has 1 aliphatic heterocycles. The Kier molecular flexibility index (Phi) is 3.91. The van der Waals surface area contributed by atoms with Gasteiger partial charge in [-0.3, -0.25) is 4.79 Å². The lowest BCUT2D eigenvalue weighted by Gasteiger charge is -2.57. The number of hydrogen-bond acceptors (Lipinski definition) is 4. The maximum atomic E-state index is 12.6. The van der Waals surface area contributed by atoms with Crippen molar-refractivity contribution < 1.29 is 11.0 Å². The Balaban J connectivity index is 1.21. The lowest BCUT2D eigenvalue weighted by molar-refractivity contribution is -0.0622. The fraction of sp³-hybridized carbons (Fsp3) is 0.714. The number of rotatable bonds is 7. The summed E-state index contributed by atoms with van der Waals surface area (Å²) in [5.74, 6) is 2.54. The van der Waals surface area contributed by atoms with Crippen LogP contribution in [0, 0.1) is 30.1 Å². The molecule has 5 fully saturated rings. The van der Waals surface area contributed by atoms with Crippen molar-refractivity contribution in [3.8, 4) is 0 Å². The van der Waals surface area contributed by atoms with Crippen LogP contribution in [-0.4, -0.2) is 58.8 Å². The summed E-state index contributed by atoms with van der Waals surface area (Å²) in [5, 5.41) is 0.421. The number of H-pyrrole nitrogens is 1. The number of nitrogens with one attached hydrogen (secondary N) is 1. The van der Waals surface area contributed by atoms with Gasteiger partial charge in [-0.25, -0.2) is 4.98 Å². The van der Waals surface area contributed by atoms with Gasteiger partial charge >= 0.3 is 0 Å². The molecule has 0 radical (unpaired) electrons. The number of nitrogens with zero attached hydrogens (tertiary/aromatic N) is 3. The predicted octanol–water partition coefficient (Wildman–Crippen LogP) is 4.39. The van der Waals surface area contributed by atoms with Gasteiger partial charge in [-0.1, -0.05) is 12.1 Å². The van der Waals surface area contributed by atoms with Crippen molar-refractivity contribution in [2.24, 2.45) is 23.2 Å². The van der Waals surface area contributed by atoms with E-state index in [0.717, 1.165) is 29.1 Å². The summed E-state index contributed by atoms with van der Waals surface area (Å²) in [5.41, 5.74) is 0.961. The van der Waals surface area contributed by atoms with E-state index in [-0.39, 0.29) is 30.5 Å². The van der Waals surface area contributed by atoms with Gasteiger partial charge in [-0.05, 0) is 113 Å². The molecule has 1 aromatic heterocycles. The fourth-order valence-electron chi connectivity index (χ4n) is 7.48. The zero-order valence-electron chi connectivity index (χ0n) is 27.5. The van der Waals surface area contributed by atoms with Crippen LogP contribution in [-0.2, 0) is 6.42 Å². The van der Waals surface area contributed by atoms with Crippen LogP contribution >= 0.6 is 0 Å². The number of fused-ring (bicyclic) bond motifs is 1. The average Bonchev–Trinajstić information content (AvgIpc) is 2.84. The van der Waals surface area contributed by atoms with Crippen LogP contribution in [0.4, 0.5) is 0 Å². The van der Waals surface area contributed by atoms with Crippen molar-refractivity contribution in [1.29, 1.82) is 0 Å². The molecule has 4 aliphatic carbocycles. The molecule has 1 aromatic carbocycles. The van der Waals surface area contributed by atoms with Gasteiger partial charge in [0.2, 0.25) is 0 Å². The molecule has 4 saturated carbocycles. The third-order valence-corrected chi connectivity index (χ3v) is 8.44. The lowest BCUT2D eigenvalue weighted by atomic mass is 9.49. The largest absolute Gasteiger partial charge is 0.310 e. The van der Waals surface area contributed by atoms with Crippen molar-refractivity contribution in [1.82, 2.24) is 19.8 Å². The molecule has 5 nitrogen and oxygen atoms in total. The van der Waals surface area contributed by atoms with E-state index >= 15 is 0 Å². The highest BCUT2D eigenvalue weighted by Crippen LogP contribution is 2.61. The maximum Gasteiger partial charge on any atom is 0.259 e.